The second-order valence-corrected chi connectivity index (χ2v) is 10.1. The standard InChI is InChI=1S/C27H19BrClN3O5S/c1-36-22-11-16(10-19(28)25(22)37-15-18-7-3-2-6-17(18)13-30)12-23-26(34)32(27(35)38-23)14-24(33)31-21-9-5-4-8-20(21)29/h2-12H,14-15H2,1H3,(H,31,33)/b23-12+. The maximum atomic E-state index is 12.9. The zero-order valence-corrected chi connectivity index (χ0v) is 23.0. The van der Waals surface area contributed by atoms with E-state index >= 15 is 0 Å². The van der Waals surface area contributed by atoms with Crippen LogP contribution in [0, 0.1) is 11.3 Å². The van der Waals surface area contributed by atoms with Crippen LogP contribution in [0.1, 0.15) is 16.7 Å². The van der Waals surface area contributed by atoms with Crippen LogP contribution in [0.25, 0.3) is 6.08 Å². The summed E-state index contributed by atoms with van der Waals surface area (Å²) in [4.78, 5) is 38.9. The average molecular weight is 613 g/mol. The quantitative estimate of drug-likeness (QED) is 0.300. The molecule has 0 bridgehead atoms. The van der Waals surface area contributed by atoms with Crippen LogP contribution in [0.3, 0.4) is 0 Å². The van der Waals surface area contributed by atoms with Crippen LogP contribution in [0.4, 0.5) is 10.5 Å². The summed E-state index contributed by atoms with van der Waals surface area (Å²) in [6.45, 7) is -0.301. The van der Waals surface area contributed by atoms with Crippen LogP contribution in [0.2, 0.25) is 5.02 Å². The first-order valence-electron chi connectivity index (χ1n) is 11.1. The van der Waals surface area contributed by atoms with Crippen LogP contribution in [0.5, 0.6) is 11.5 Å². The van der Waals surface area contributed by atoms with Crippen molar-refractivity contribution in [1.82, 2.24) is 4.90 Å². The van der Waals surface area contributed by atoms with Crippen LogP contribution >= 0.6 is 39.3 Å². The molecule has 0 atom stereocenters. The minimum absolute atomic E-state index is 0.146. The molecule has 3 amide bonds. The van der Waals surface area contributed by atoms with Gasteiger partial charge in [-0.15, -0.1) is 0 Å². The van der Waals surface area contributed by atoms with E-state index in [2.05, 4.69) is 27.3 Å². The Bertz CT molecular complexity index is 1500. The molecule has 1 aliphatic rings. The van der Waals surface area contributed by atoms with Crippen molar-refractivity contribution in [3.05, 3.63) is 91.8 Å². The highest BCUT2D eigenvalue weighted by Crippen LogP contribution is 2.39. The Balaban J connectivity index is 1.49. The fourth-order valence-corrected chi connectivity index (χ4v) is 5.15. The molecule has 8 nitrogen and oxygen atoms in total. The number of nitrogens with zero attached hydrogens (tertiary/aromatic N) is 2. The molecule has 1 aliphatic heterocycles. The van der Waals surface area contributed by atoms with Crippen molar-refractivity contribution in [1.29, 1.82) is 5.26 Å². The van der Waals surface area contributed by atoms with Crippen molar-refractivity contribution in [3.63, 3.8) is 0 Å². The van der Waals surface area contributed by atoms with Crippen LogP contribution in [0.15, 0.2) is 70.0 Å². The lowest BCUT2D eigenvalue weighted by molar-refractivity contribution is -0.127. The summed E-state index contributed by atoms with van der Waals surface area (Å²) >= 11 is 10.3. The third-order valence-corrected chi connectivity index (χ3v) is 7.21. The Kier molecular flexibility index (Phi) is 8.73. The third-order valence-electron chi connectivity index (χ3n) is 5.38. The predicted molar refractivity (Wildman–Crippen MR) is 149 cm³/mol. The zero-order chi connectivity index (χ0) is 27.2. The molecule has 0 aromatic heterocycles. The second-order valence-electron chi connectivity index (χ2n) is 7.89. The van der Waals surface area contributed by atoms with Gasteiger partial charge >= 0.3 is 0 Å². The van der Waals surface area contributed by atoms with Crippen molar-refractivity contribution in [2.75, 3.05) is 19.0 Å². The third kappa shape index (κ3) is 6.19. The number of rotatable bonds is 8. The van der Waals surface area contributed by atoms with Gasteiger partial charge in [-0.3, -0.25) is 19.3 Å². The summed E-state index contributed by atoms with van der Waals surface area (Å²) in [6.07, 6.45) is 1.54. The van der Waals surface area contributed by atoms with Gasteiger partial charge in [-0.1, -0.05) is 41.9 Å². The van der Waals surface area contributed by atoms with Gasteiger partial charge in [-0.2, -0.15) is 5.26 Å². The fourth-order valence-electron chi connectivity index (χ4n) is 3.55. The molecule has 1 heterocycles. The molecule has 192 valence electrons. The Morgan fingerprint density at radius 2 is 1.92 bits per heavy atom. The van der Waals surface area contributed by atoms with E-state index in [-0.39, 0.29) is 11.5 Å². The van der Waals surface area contributed by atoms with E-state index in [0.29, 0.717) is 37.8 Å². The molecule has 0 spiro atoms. The number of imide groups is 1. The van der Waals surface area contributed by atoms with E-state index in [1.54, 1.807) is 60.7 Å². The fraction of sp³-hybridized carbons (Fsp3) is 0.111. The van der Waals surface area contributed by atoms with Crippen molar-refractivity contribution in [3.8, 4) is 17.6 Å². The Morgan fingerprint density at radius 3 is 2.66 bits per heavy atom. The normalized spacial score (nSPS) is 13.9. The predicted octanol–water partition coefficient (Wildman–Crippen LogP) is 6.24. The maximum Gasteiger partial charge on any atom is 0.294 e. The summed E-state index contributed by atoms with van der Waals surface area (Å²) in [5.41, 5.74) is 2.19. The Morgan fingerprint density at radius 1 is 1.18 bits per heavy atom. The molecule has 38 heavy (non-hydrogen) atoms. The van der Waals surface area contributed by atoms with Crippen LogP contribution in [-0.4, -0.2) is 35.6 Å². The van der Waals surface area contributed by atoms with Gasteiger partial charge in [-0.25, -0.2) is 0 Å². The minimum atomic E-state index is -0.585. The molecule has 0 unspecified atom stereocenters. The van der Waals surface area contributed by atoms with E-state index in [1.807, 2.05) is 6.07 Å². The molecule has 0 aliphatic carbocycles. The number of halogens is 2. The first kappa shape index (κ1) is 27.3. The number of para-hydroxylation sites is 1. The number of amides is 3. The van der Waals surface area contributed by atoms with E-state index in [0.717, 1.165) is 22.2 Å². The molecule has 4 rings (SSSR count). The number of hydrogen-bond acceptors (Lipinski definition) is 7. The average Bonchev–Trinajstić information content (AvgIpc) is 3.16. The van der Waals surface area contributed by atoms with E-state index in [9.17, 15) is 19.6 Å². The molecular formula is C27H19BrClN3O5S. The van der Waals surface area contributed by atoms with Gasteiger partial charge in [0.1, 0.15) is 13.2 Å². The van der Waals surface area contributed by atoms with Crippen molar-refractivity contribution < 1.29 is 23.9 Å². The van der Waals surface area contributed by atoms with E-state index in [1.165, 1.54) is 7.11 Å². The number of hydrogen-bond donors (Lipinski definition) is 1. The molecule has 0 radical (unpaired) electrons. The van der Waals surface area contributed by atoms with Crippen LogP contribution in [-0.2, 0) is 16.2 Å². The number of benzene rings is 3. The summed E-state index contributed by atoms with van der Waals surface area (Å²) in [5.74, 6) is -0.330. The van der Waals surface area contributed by atoms with E-state index in [4.69, 9.17) is 21.1 Å². The summed E-state index contributed by atoms with van der Waals surface area (Å²) in [7, 11) is 1.48. The van der Waals surface area contributed by atoms with Gasteiger partial charge in [0.05, 0.1) is 38.8 Å². The number of carbonyl (C=O) groups is 3. The molecule has 1 N–H and O–H groups in total. The highest BCUT2D eigenvalue weighted by Gasteiger charge is 2.36. The number of ether oxygens (including phenoxy) is 2. The molecular weight excluding hydrogens is 594 g/mol. The Hall–Kier alpha value is -3.78. The SMILES string of the molecule is COc1cc(/C=C2/SC(=O)N(CC(=O)Nc3ccccc3Cl)C2=O)cc(Br)c1OCc1ccccc1C#N. The van der Waals surface area contributed by atoms with Crippen molar-refractivity contribution in [2.24, 2.45) is 0 Å². The topological polar surface area (TPSA) is 109 Å². The number of methoxy groups -OCH3 is 1. The minimum Gasteiger partial charge on any atom is -0.493 e. The summed E-state index contributed by atoms with van der Waals surface area (Å²) in [6, 6.07) is 19.3. The van der Waals surface area contributed by atoms with Gasteiger partial charge in [0.25, 0.3) is 11.1 Å². The van der Waals surface area contributed by atoms with Gasteiger partial charge in [0.2, 0.25) is 5.91 Å². The zero-order valence-electron chi connectivity index (χ0n) is 19.9. The highest BCUT2D eigenvalue weighted by atomic mass is 79.9. The molecule has 1 saturated heterocycles. The van der Waals surface area contributed by atoms with Crippen molar-refractivity contribution in [2.45, 2.75) is 6.61 Å². The first-order valence-corrected chi connectivity index (χ1v) is 13.1. The lowest BCUT2D eigenvalue weighted by atomic mass is 10.1. The van der Waals surface area contributed by atoms with Crippen molar-refractivity contribution >= 4 is 68.1 Å². The van der Waals surface area contributed by atoms with Crippen LogP contribution < -0.4 is 14.8 Å². The van der Waals surface area contributed by atoms with Gasteiger partial charge in [0, 0.05) is 5.56 Å². The number of anilines is 1. The molecule has 3 aromatic rings. The second kappa shape index (κ2) is 12.2. The lowest BCUT2D eigenvalue weighted by Crippen LogP contribution is -2.36. The summed E-state index contributed by atoms with van der Waals surface area (Å²) in [5, 5.41) is 11.7. The summed E-state index contributed by atoms with van der Waals surface area (Å²) < 4.78 is 12.0. The smallest absolute Gasteiger partial charge is 0.294 e. The molecule has 0 saturated carbocycles. The molecule has 1 fully saturated rings. The molecule has 3 aromatic carbocycles. The number of nitrogens with one attached hydrogen (secondary N) is 1. The lowest BCUT2D eigenvalue weighted by Gasteiger charge is -2.14. The highest BCUT2D eigenvalue weighted by molar-refractivity contribution is 9.10. The largest absolute Gasteiger partial charge is 0.493 e. The maximum absolute atomic E-state index is 12.9. The first-order chi connectivity index (χ1) is 18.3. The molecule has 11 heteroatoms. The van der Waals surface area contributed by atoms with E-state index < -0.39 is 23.6 Å². The van der Waals surface area contributed by atoms with Gasteiger partial charge in [0.15, 0.2) is 11.5 Å². The van der Waals surface area contributed by atoms with Gasteiger partial charge in [-0.05, 0) is 69.7 Å². The monoisotopic (exact) mass is 611 g/mol. The number of nitriles is 1. The number of carbonyl (C=O) groups excluding carboxylic acids is 3. The number of thioether (sulfide) groups is 1. The Labute approximate surface area is 236 Å². The van der Waals surface area contributed by atoms with Gasteiger partial charge < -0.3 is 14.8 Å².